The average Bonchev–Trinajstić information content (AvgIpc) is 3.24. The molecule has 0 atom stereocenters. The zero-order valence-corrected chi connectivity index (χ0v) is 18.2. The van der Waals surface area contributed by atoms with Crippen molar-refractivity contribution < 1.29 is 13.3 Å². The molecule has 0 saturated heterocycles. The normalized spacial score (nSPS) is 11.5. The van der Waals surface area contributed by atoms with Crippen LogP contribution in [0.1, 0.15) is 11.1 Å². The first kappa shape index (κ1) is 21.8. The second-order valence-corrected chi connectivity index (χ2v) is 8.67. The van der Waals surface area contributed by atoms with Crippen LogP contribution in [-0.4, -0.2) is 34.3 Å². The lowest BCUT2D eigenvalue weighted by Crippen LogP contribution is -2.18. The van der Waals surface area contributed by atoms with E-state index in [2.05, 4.69) is 20.0 Å². The molecule has 0 fully saturated rings. The Morgan fingerprint density at radius 2 is 1.91 bits per heavy atom. The Bertz CT molecular complexity index is 1430. The van der Waals surface area contributed by atoms with Gasteiger partial charge in [0, 0.05) is 41.3 Å². The minimum absolute atomic E-state index is 0.260. The third-order valence-electron chi connectivity index (χ3n) is 4.76. The molecule has 0 amide bonds. The molecule has 0 aliphatic heterocycles. The lowest BCUT2D eigenvalue weighted by atomic mass is 10.1. The number of sulfonamides is 1. The summed E-state index contributed by atoms with van der Waals surface area (Å²) in [6.45, 7) is 1.53. The number of benzene rings is 2. The van der Waals surface area contributed by atoms with Crippen molar-refractivity contribution in [2.24, 2.45) is 5.10 Å². The van der Waals surface area contributed by atoms with Gasteiger partial charge in [0.05, 0.1) is 21.7 Å². The van der Waals surface area contributed by atoms with E-state index < -0.39 is 14.9 Å². The van der Waals surface area contributed by atoms with Crippen molar-refractivity contribution in [2.45, 2.75) is 11.8 Å². The SMILES string of the molecule is Cc1ccc(S(=O)(=O)N/N=C/c2cn(-c3ccccc3)nc2-c2cccnc2)cc1[N+](=O)[O-]. The number of hydrazone groups is 1. The van der Waals surface area contributed by atoms with Gasteiger partial charge >= 0.3 is 0 Å². The number of nitro benzene ring substituents is 1. The molecule has 2 aromatic carbocycles. The van der Waals surface area contributed by atoms with Gasteiger partial charge in [-0.1, -0.05) is 24.3 Å². The van der Waals surface area contributed by atoms with E-state index in [0.29, 0.717) is 16.8 Å². The van der Waals surface area contributed by atoms with E-state index in [-0.39, 0.29) is 10.6 Å². The second kappa shape index (κ2) is 9.01. The van der Waals surface area contributed by atoms with Crippen molar-refractivity contribution in [2.75, 3.05) is 0 Å². The fourth-order valence-electron chi connectivity index (χ4n) is 3.09. The quantitative estimate of drug-likeness (QED) is 0.254. The molecule has 10 nitrogen and oxygen atoms in total. The molecule has 4 aromatic rings. The van der Waals surface area contributed by atoms with Gasteiger partial charge in [0.2, 0.25) is 0 Å². The van der Waals surface area contributed by atoms with Crippen LogP contribution >= 0.6 is 0 Å². The van der Waals surface area contributed by atoms with Crippen LogP contribution < -0.4 is 4.83 Å². The Morgan fingerprint density at radius 3 is 2.61 bits per heavy atom. The highest BCUT2D eigenvalue weighted by Gasteiger charge is 2.19. The molecule has 166 valence electrons. The number of hydrogen-bond acceptors (Lipinski definition) is 7. The first-order valence-corrected chi connectivity index (χ1v) is 11.2. The molecular weight excluding hydrogens is 444 g/mol. The van der Waals surface area contributed by atoms with Gasteiger partial charge < -0.3 is 0 Å². The van der Waals surface area contributed by atoms with Crippen LogP contribution in [0, 0.1) is 17.0 Å². The number of aromatic nitrogens is 3. The molecular formula is C22H18N6O4S. The van der Waals surface area contributed by atoms with Crippen molar-refractivity contribution in [3.63, 3.8) is 0 Å². The van der Waals surface area contributed by atoms with Crippen molar-refractivity contribution in [1.29, 1.82) is 0 Å². The maximum Gasteiger partial charge on any atom is 0.276 e. The summed E-state index contributed by atoms with van der Waals surface area (Å²) >= 11 is 0. The molecule has 33 heavy (non-hydrogen) atoms. The minimum Gasteiger partial charge on any atom is -0.264 e. The summed E-state index contributed by atoms with van der Waals surface area (Å²) in [5, 5.41) is 19.6. The molecule has 4 rings (SSSR count). The zero-order valence-electron chi connectivity index (χ0n) is 17.4. The van der Waals surface area contributed by atoms with Gasteiger partial charge in [-0.3, -0.25) is 15.1 Å². The van der Waals surface area contributed by atoms with Crippen molar-refractivity contribution in [3.8, 4) is 16.9 Å². The lowest BCUT2D eigenvalue weighted by molar-refractivity contribution is -0.385. The molecule has 2 heterocycles. The molecule has 0 unspecified atom stereocenters. The number of rotatable bonds is 7. The third-order valence-corrected chi connectivity index (χ3v) is 5.98. The first-order valence-electron chi connectivity index (χ1n) is 9.70. The van der Waals surface area contributed by atoms with Crippen LogP contribution in [0.25, 0.3) is 16.9 Å². The predicted octanol–water partition coefficient (Wildman–Crippen LogP) is 3.46. The summed E-state index contributed by atoms with van der Waals surface area (Å²) in [5.74, 6) is 0. The molecule has 0 saturated carbocycles. The zero-order chi connectivity index (χ0) is 23.4. The van der Waals surface area contributed by atoms with Gasteiger partial charge in [0.1, 0.15) is 5.69 Å². The van der Waals surface area contributed by atoms with Gasteiger partial charge in [0.25, 0.3) is 15.7 Å². The Kier molecular flexibility index (Phi) is 5.96. The van der Waals surface area contributed by atoms with Crippen LogP contribution in [-0.2, 0) is 10.0 Å². The van der Waals surface area contributed by atoms with Crippen LogP contribution in [0.4, 0.5) is 5.69 Å². The van der Waals surface area contributed by atoms with Crippen molar-refractivity contribution in [3.05, 3.63) is 100 Å². The number of nitrogens with zero attached hydrogens (tertiary/aromatic N) is 5. The van der Waals surface area contributed by atoms with Crippen LogP contribution in [0.5, 0.6) is 0 Å². The molecule has 0 aliphatic carbocycles. The molecule has 0 bridgehead atoms. The molecule has 11 heteroatoms. The van der Waals surface area contributed by atoms with E-state index in [4.69, 9.17) is 0 Å². The average molecular weight is 462 g/mol. The monoisotopic (exact) mass is 462 g/mol. The van der Waals surface area contributed by atoms with E-state index in [1.54, 1.807) is 29.3 Å². The molecule has 1 N–H and O–H groups in total. The van der Waals surface area contributed by atoms with Gasteiger partial charge in [-0.25, -0.2) is 9.51 Å². The van der Waals surface area contributed by atoms with Gasteiger partial charge in [-0.05, 0) is 37.3 Å². The molecule has 0 aliphatic rings. The highest BCUT2D eigenvalue weighted by atomic mass is 32.2. The largest absolute Gasteiger partial charge is 0.276 e. The Balaban J connectivity index is 1.66. The maximum absolute atomic E-state index is 12.6. The number of hydrogen-bond donors (Lipinski definition) is 1. The van der Waals surface area contributed by atoms with Gasteiger partial charge in [0.15, 0.2) is 0 Å². The number of aryl methyl sites for hydroxylation is 1. The van der Waals surface area contributed by atoms with E-state index >= 15 is 0 Å². The highest BCUT2D eigenvalue weighted by molar-refractivity contribution is 7.89. The Morgan fingerprint density at radius 1 is 1.12 bits per heavy atom. The number of pyridine rings is 1. The number of nitro groups is 1. The highest BCUT2D eigenvalue weighted by Crippen LogP contribution is 2.23. The second-order valence-electron chi connectivity index (χ2n) is 7.01. The number of nitrogens with one attached hydrogen (secondary N) is 1. The van der Waals surface area contributed by atoms with E-state index in [1.165, 1.54) is 25.3 Å². The summed E-state index contributed by atoms with van der Waals surface area (Å²) in [6.07, 6.45) is 6.33. The summed E-state index contributed by atoms with van der Waals surface area (Å²) in [7, 11) is -4.12. The van der Waals surface area contributed by atoms with Gasteiger partial charge in [-0.15, -0.1) is 0 Å². The first-order chi connectivity index (χ1) is 15.8. The molecule has 0 radical (unpaired) electrons. The molecule has 0 spiro atoms. The van der Waals surface area contributed by atoms with Crippen molar-refractivity contribution in [1.82, 2.24) is 19.6 Å². The minimum atomic E-state index is -4.12. The van der Waals surface area contributed by atoms with Crippen LogP contribution in [0.2, 0.25) is 0 Å². The lowest BCUT2D eigenvalue weighted by Gasteiger charge is -2.04. The van der Waals surface area contributed by atoms with E-state index in [0.717, 1.165) is 17.3 Å². The Hall–Kier alpha value is -4.38. The molecule has 2 aromatic heterocycles. The predicted molar refractivity (Wildman–Crippen MR) is 123 cm³/mol. The summed E-state index contributed by atoms with van der Waals surface area (Å²) in [5.41, 5.74) is 2.72. The topological polar surface area (TPSA) is 132 Å². The van der Waals surface area contributed by atoms with Crippen LogP contribution in [0.3, 0.4) is 0 Å². The summed E-state index contributed by atoms with van der Waals surface area (Å²) in [6, 6.07) is 16.7. The smallest absolute Gasteiger partial charge is 0.264 e. The summed E-state index contributed by atoms with van der Waals surface area (Å²) < 4.78 is 26.9. The number of para-hydroxylation sites is 1. The van der Waals surface area contributed by atoms with Crippen molar-refractivity contribution >= 4 is 21.9 Å². The maximum atomic E-state index is 12.6. The fraction of sp³-hybridized carbons (Fsp3) is 0.0455. The standard InChI is InChI=1S/C22H18N6O4S/c1-16-9-10-20(12-21(16)28(29)30)33(31,32)26-24-14-18-15-27(19-7-3-2-4-8-19)25-22(18)17-6-5-11-23-13-17/h2-15,26H,1H3/b24-14+. The Labute approximate surface area is 189 Å². The summed E-state index contributed by atoms with van der Waals surface area (Å²) in [4.78, 5) is 16.5. The van der Waals surface area contributed by atoms with E-state index in [9.17, 15) is 18.5 Å². The van der Waals surface area contributed by atoms with E-state index in [1.807, 2.05) is 36.4 Å². The van der Waals surface area contributed by atoms with Gasteiger partial charge in [-0.2, -0.15) is 18.6 Å². The third kappa shape index (κ3) is 4.77. The fourth-order valence-corrected chi connectivity index (χ4v) is 3.90. The van der Waals surface area contributed by atoms with Crippen LogP contribution in [0.15, 0.2) is 89.3 Å².